The van der Waals surface area contributed by atoms with Crippen molar-refractivity contribution < 1.29 is 19.0 Å². The van der Waals surface area contributed by atoms with Crippen molar-refractivity contribution in [3.63, 3.8) is 0 Å². The standard InChI is InChI=1S/C24H21N3O4/c1-29-21-7-5-20(6-8-21)27-13-18-4-3-17(11-19(18)14-27)24(28)26-25-12-16-2-9-22-23(10-16)31-15-30-22/h2-12H,13-15H2,1H3,(H,26,28). The molecule has 0 saturated carbocycles. The Hall–Kier alpha value is -4.00. The first kappa shape index (κ1) is 19.0. The molecule has 0 saturated heterocycles. The molecule has 2 heterocycles. The van der Waals surface area contributed by atoms with Crippen molar-refractivity contribution in [1.29, 1.82) is 0 Å². The van der Waals surface area contributed by atoms with Crippen LogP contribution in [0, 0.1) is 0 Å². The van der Waals surface area contributed by atoms with Crippen LogP contribution in [-0.2, 0) is 13.1 Å². The van der Waals surface area contributed by atoms with Crippen LogP contribution in [0.5, 0.6) is 17.2 Å². The van der Waals surface area contributed by atoms with E-state index in [2.05, 4.69) is 15.4 Å². The molecule has 0 aromatic heterocycles. The van der Waals surface area contributed by atoms with Crippen molar-refractivity contribution in [2.45, 2.75) is 13.1 Å². The van der Waals surface area contributed by atoms with Gasteiger partial charge in [-0.25, -0.2) is 5.43 Å². The Bertz CT molecular complexity index is 1160. The van der Waals surface area contributed by atoms with E-state index in [1.165, 1.54) is 5.56 Å². The summed E-state index contributed by atoms with van der Waals surface area (Å²) in [5.41, 5.74) is 7.47. The van der Waals surface area contributed by atoms with Crippen LogP contribution in [-0.4, -0.2) is 26.0 Å². The zero-order valence-electron chi connectivity index (χ0n) is 17.0. The second kappa shape index (κ2) is 8.02. The number of benzene rings is 3. The summed E-state index contributed by atoms with van der Waals surface area (Å²) in [6.45, 7) is 1.79. The van der Waals surface area contributed by atoms with Gasteiger partial charge in [0, 0.05) is 24.3 Å². The Kier molecular flexibility index (Phi) is 4.92. The predicted octanol–water partition coefficient (Wildman–Crippen LogP) is 3.71. The van der Waals surface area contributed by atoms with Gasteiger partial charge in [-0.05, 0) is 71.3 Å². The third-order valence-electron chi connectivity index (χ3n) is 5.40. The number of ether oxygens (including phenoxy) is 3. The Morgan fingerprint density at radius 1 is 1.00 bits per heavy atom. The second-order valence-corrected chi connectivity index (χ2v) is 7.35. The van der Waals surface area contributed by atoms with E-state index < -0.39 is 0 Å². The molecule has 0 bridgehead atoms. The summed E-state index contributed by atoms with van der Waals surface area (Å²) in [7, 11) is 1.66. The van der Waals surface area contributed by atoms with E-state index in [1.807, 2.05) is 60.7 Å². The van der Waals surface area contributed by atoms with Gasteiger partial charge in [0.25, 0.3) is 5.91 Å². The molecule has 0 spiro atoms. The first-order chi connectivity index (χ1) is 15.2. The van der Waals surface area contributed by atoms with Crippen LogP contribution in [0.2, 0.25) is 0 Å². The number of nitrogens with one attached hydrogen (secondary N) is 1. The number of carbonyl (C=O) groups excluding carboxylic acids is 1. The van der Waals surface area contributed by atoms with Gasteiger partial charge in [-0.2, -0.15) is 5.10 Å². The number of anilines is 1. The second-order valence-electron chi connectivity index (χ2n) is 7.35. The normalized spacial score (nSPS) is 14.0. The molecule has 7 heteroatoms. The maximum atomic E-state index is 12.5. The monoisotopic (exact) mass is 415 g/mol. The van der Waals surface area contributed by atoms with Gasteiger partial charge < -0.3 is 19.1 Å². The van der Waals surface area contributed by atoms with Gasteiger partial charge in [-0.3, -0.25) is 4.79 Å². The van der Waals surface area contributed by atoms with Crippen LogP contribution >= 0.6 is 0 Å². The van der Waals surface area contributed by atoms with Gasteiger partial charge >= 0.3 is 0 Å². The van der Waals surface area contributed by atoms with Gasteiger partial charge in [0.05, 0.1) is 13.3 Å². The highest BCUT2D eigenvalue weighted by atomic mass is 16.7. The molecule has 0 aliphatic carbocycles. The number of hydrazone groups is 1. The summed E-state index contributed by atoms with van der Waals surface area (Å²) in [6.07, 6.45) is 1.58. The molecule has 156 valence electrons. The topological polar surface area (TPSA) is 72.4 Å². The number of fused-ring (bicyclic) bond motifs is 2. The molecule has 0 atom stereocenters. The van der Waals surface area contributed by atoms with Crippen molar-refractivity contribution in [1.82, 2.24) is 5.43 Å². The molecular formula is C24H21N3O4. The number of carbonyl (C=O) groups is 1. The molecule has 1 N–H and O–H groups in total. The zero-order chi connectivity index (χ0) is 21.2. The van der Waals surface area contributed by atoms with Crippen LogP contribution in [0.3, 0.4) is 0 Å². The van der Waals surface area contributed by atoms with Crippen molar-refractivity contribution in [3.8, 4) is 17.2 Å². The Morgan fingerprint density at radius 2 is 1.81 bits per heavy atom. The molecule has 2 aliphatic heterocycles. The molecule has 3 aromatic rings. The van der Waals surface area contributed by atoms with E-state index in [9.17, 15) is 4.79 Å². The SMILES string of the molecule is COc1ccc(N2Cc3ccc(C(=O)NN=Cc4ccc5c(c4)OCO5)cc3C2)cc1. The molecule has 0 radical (unpaired) electrons. The fourth-order valence-corrected chi connectivity index (χ4v) is 3.73. The first-order valence-electron chi connectivity index (χ1n) is 9.93. The van der Waals surface area contributed by atoms with Crippen LogP contribution in [0.1, 0.15) is 27.0 Å². The number of rotatable bonds is 5. The summed E-state index contributed by atoms with van der Waals surface area (Å²) in [6, 6.07) is 19.3. The van der Waals surface area contributed by atoms with E-state index in [4.69, 9.17) is 14.2 Å². The first-order valence-corrected chi connectivity index (χ1v) is 9.93. The minimum Gasteiger partial charge on any atom is -0.497 e. The summed E-state index contributed by atoms with van der Waals surface area (Å²) >= 11 is 0. The molecule has 7 nitrogen and oxygen atoms in total. The van der Waals surface area contributed by atoms with Gasteiger partial charge in [0.1, 0.15) is 5.75 Å². The third-order valence-corrected chi connectivity index (χ3v) is 5.40. The average molecular weight is 415 g/mol. The molecule has 1 amide bonds. The van der Waals surface area contributed by atoms with E-state index in [-0.39, 0.29) is 12.7 Å². The number of nitrogens with zero attached hydrogens (tertiary/aromatic N) is 2. The summed E-state index contributed by atoms with van der Waals surface area (Å²) in [5, 5.41) is 4.07. The number of amides is 1. The highest BCUT2D eigenvalue weighted by Crippen LogP contribution is 2.32. The fraction of sp³-hybridized carbons (Fsp3) is 0.167. The van der Waals surface area contributed by atoms with Gasteiger partial charge in [-0.1, -0.05) is 6.07 Å². The van der Waals surface area contributed by atoms with Gasteiger partial charge in [0.2, 0.25) is 6.79 Å². The average Bonchev–Trinajstić information content (AvgIpc) is 3.45. The van der Waals surface area contributed by atoms with Crippen molar-refractivity contribution in [3.05, 3.63) is 82.9 Å². The van der Waals surface area contributed by atoms with Crippen LogP contribution in [0.25, 0.3) is 0 Å². The van der Waals surface area contributed by atoms with Crippen LogP contribution in [0.15, 0.2) is 65.8 Å². The minimum absolute atomic E-state index is 0.223. The lowest BCUT2D eigenvalue weighted by Crippen LogP contribution is -2.17. The summed E-state index contributed by atoms with van der Waals surface area (Å²) in [5.74, 6) is 1.97. The smallest absolute Gasteiger partial charge is 0.271 e. The van der Waals surface area contributed by atoms with E-state index in [0.717, 1.165) is 35.7 Å². The maximum Gasteiger partial charge on any atom is 0.271 e. The van der Waals surface area contributed by atoms with Crippen molar-refractivity contribution in [2.24, 2.45) is 5.10 Å². The highest BCUT2D eigenvalue weighted by Gasteiger charge is 2.21. The third kappa shape index (κ3) is 3.90. The summed E-state index contributed by atoms with van der Waals surface area (Å²) in [4.78, 5) is 14.8. The predicted molar refractivity (Wildman–Crippen MR) is 117 cm³/mol. The van der Waals surface area contributed by atoms with Crippen LogP contribution < -0.4 is 24.5 Å². The number of hydrogen-bond acceptors (Lipinski definition) is 6. The van der Waals surface area contributed by atoms with Crippen molar-refractivity contribution in [2.75, 3.05) is 18.8 Å². The number of hydrogen-bond donors (Lipinski definition) is 1. The Balaban J connectivity index is 1.23. The zero-order valence-corrected chi connectivity index (χ0v) is 17.0. The lowest BCUT2D eigenvalue weighted by atomic mass is 10.1. The van der Waals surface area contributed by atoms with E-state index in [0.29, 0.717) is 17.1 Å². The maximum absolute atomic E-state index is 12.5. The quantitative estimate of drug-likeness (QED) is 0.508. The fourth-order valence-electron chi connectivity index (χ4n) is 3.73. The summed E-state index contributed by atoms with van der Waals surface area (Å²) < 4.78 is 15.9. The molecule has 2 aliphatic rings. The van der Waals surface area contributed by atoms with E-state index >= 15 is 0 Å². The lowest BCUT2D eigenvalue weighted by molar-refractivity contribution is 0.0955. The molecular weight excluding hydrogens is 394 g/mol. The van der Waals surface area contributed by atoms with E-state index in [1.54, 1.807) is 13.3 Å². The van der Waals surface area contributed by atoms with Crippen LogP contribution in [0.4, 0.5) is 5.69 Å². The largest absolute Gasteiger partial charge is 0.497 e. The molecule has 3 aromatic carbocycles. The Labute approximate surface area is 179 Å². The molecule has 0 unspecified atom stereocenters. The Morgan fingerprint density at radius 3 is 2.65 bits per heavy atom. The highest BCUT2D eigenvalue weighted by molar-refractivity contribution is 5.95. The minimum atomic E-state index is -0.248. The molecule has 5 rings (SSSR count). The number of methoxy groups -OCH3 is 1. The van der Waals surface area contributed by atoms with Crippen molar-refractivity contribution >= 4 is 17.8 Å². The molecule has 31 heavy (non-hydrogen) atoms. The van der Waals surface area contributed by atoms with Gasteiger partial charge in [0.15, 0.2) is 11.5 Å². The van der Waals surface area contributed by atoms with Gasteiger partial charge in [-0.15, -0.1) is 0 Å². The lowest BCUT2D eigenvalue weighted by Gasteiger charge is -2.17. The molecule has 0 fully saturated rings.